The first-order valence-corrected chi connectivity index (χ1v) is 15.0. The second-order valence-electron chi connectivity index (χ2n) is 10.9. The van der Waals surface area contributed by atoms with Gasteiger partial charge >= 0.3 is 0 Å². The maximum absolute atomic E-state index is 13.6. The van der Waals surface area contributed by atoms with Crippen LogP contribution in [0.15, 0.2) is 66.7 Å². The molecule has 2 saturated heterocycles. The fourth-order valence-electron chi connectivity index (χ4n) is 6.09. The minimum atomic E-state index is 0.00414. The molecule has 0 N–H and O–H groups in total. The smallest absolute Gasteiger partial charge is 0.227 e. The predicted octanol–water partition coefficient (Wildman–Crippen LogP) is 5.96. The van der Waals surface area contributed by atoms with Crippen LogP contribution in [0.2, 0.25) is 10.0 Å². The molecule has 0 spiro atoms. The zero-order valence-corrected chi connectivity index (χ0v) is 24.8. The van der Waals surface area contributed by atoms with E-state index in [4.69, 9.17) is 32.9 Å². The van der Waals surface area contributed by atoms with E-state index in [0.29, 0.717) is 23.1 Å². The highest BCUT2D eigenvalue weighted by atomic mass is 35.5. The minimum Gasteiger partial charge on any atom is -0.497 e. The van der Waals surface area contributed by atoms with E-state index in [2.05, 4.69) is 44.7 Å². The summed E-state index contributed by atoms with van der Waals surface area (Å²) in [5.74, 6) is 2.15. The molecule has 0 saturated carbocycles. The van der Waals surface area contributed by atoms with Crippen LogP contribution in [0.1, 0.15) is 24.2 Å². The van der Waals surface area contributed by atoms with Gasteiger partial charge in [0.25, 0.3) is 0 Å². The zero-order chi connectivity index (χ0) is 28.3. The van der Waals surface area contributed by atoms with Gasteiger partial charge in [-0.1, -0.05) is 47.5 Å². The number of piperidine rings is 1. The van der Waals surface area contributed by atoms with Crippen LogP contribution in [0.4, 0.5) is 5.69 Å². The Morgan fingerprint density at radius 3 is 2.51 bits per heavy atom. The first-order valence-electron chi connectivity index (χ1n) is 14.3. The van der Waals surface area contributed by atoms with Crippen LogP contribution in [0.25, 0.3) is 11.0 Å². The van der Waals surface area contributed by atoms with Crippen molar-refractivity contribution in [1.82, 2.24) is 19.4 Å². The number of amides is 1. The number of imidazole rings is 1. The number of hydrogen-bond acceptors (Lipinski definition) is 5. The van der Waals surface area contributed by atoms with Crippen molar-refractivity contribution >= 4 is 45.8 Å². The molecule has 3 aromatic carbocycles. The second-order valence-corrected chi connectivity index (χ2v) is 11.8. The number of fused-ring (bicyclic) bond motifs is 1. The van der Waals surface area contributed by atoms with Crippen LogP contribution in [0.3, 0.4) is 0 Å². The molecule has 7 nitrogen and oxygen atoms in total. The highest BCUT2D eigenvalue weighted by Gasteiger charge is 2.32. The highest BCUT2D eigenvalue weighted by molar-refractivity contribution is 6.35. The zero-order valence-electron chi connectivity index (χ0n) is 23.3. The Bertz CT molecular complexity index is 1510. The SMILES string of the molecule is COc1ccc(Cn2c(CN3CCC[C@@H](C(=O)N4CCN(c5cc(Cl)ccc5Cl)CC4)C3)nc3ccccc32)cc1. The molecule has 0 aliphatic carbocycles. The number of rotatable bonds is 7. The molecule has 6 rings (SSSR count). The average molecular weight is 593 g/mol. The summed E-state index contributed by atoms with van der Waals surface area (Å²) in [6.07, 6.45) is 1.94. The predicted molar refractivity (Wildman–Crippen MR) is 165 cm³/mol. The molecule has 214 valence electrons. The number of hydrogen-bond donors (Lipinski definition) is 0. The van der Waals surface area contributed by atoms with Crippen molar-refractivity contribution in [2.45, 2.75) is 25.9 Å². The number of nitrogens with zero attached hydrogens (tertiary/aromatic N) is 5. The van der Waals surface area contributed by atoms with E-state index in [0.717, 1.165) is 80.4 Å². The first kappa shape index (κ1) is 27.9. The summed E-state index contributed by atoms with van der Waals surface area (Å²) in [4.78, 5) is 25.3. The number of methoxy groups -OCH3 is 1. The van der Waals surface area contributed by atoms with Crippen molar-refractivity contribution in [1.29, 1.82) is 0 Å². The standard InChI is InChI=1S/C32H35Cl2N5O2/c1-41-26-11-8-23(9-12-26)20-39-29-7-3-2-6-28(29)35-31(39)22-36-14-4-5-24(21-36)32(40)38-17-15-37(16-18-38)30-19-25(33)10-13-27(30)34/h2-3,6-13,19,24H,4-5,14-18,20-22H2,1H3/t24-/m1/s1. The highest BCUT2D eigenvalue weighted by Crippen LogP contribution is 2.30. The number of piperazine rings is 1. The Kier molecular flexibility index (Phi) is 8.37. The summed E-state index contributed by atoms with van der Waals surface area (Å²) in [6, 6.07) is 22.0. The number of carbonyl (C=O) groups is 1. The van der Waals surface area contributed by atoms with Crippen molar-refractivity contribution < 1.29 is 9.53 Å². The van der Waals surface area contributed by atoms with Crippen LogP contribution < -0.4 is 9.64 Å². The fraction of sp³-hybridized carbons (Fsp3) is 0.375. The quantitative estimate of drug-likeness (QED) is 0.265. The molecule has 3 heterocycles. The molecule has 1 aromatic heterocycles. The molecule has 1 atom stereocenters. The Hall–Kier alpha value is -3.26. The number of likely N-dealkylation sites (tertiary alicyclic amines) is 1. The molecule has 1 amide bonds. The lowest BCUT2D eigenvalue weighted by Gasteiger charge is -2.40. The van der Waals surface area contributed by atoms with Crippen LogP contribution in [0.5, 0.6) is 5.75 Å². The normalized spacial score (nSPS) is 18.2. The van der Waals surface area contributed by atoms with Gasteiger partial charge in [0.05, 0.1) is 41.3 Å². The van der Waals surface area contributed by atoms with Crippen LogP contribution in [-0.2, 0) is 17.9 Å². The Morgan fingerprint density at radius 2 is 1.73 bits per heavy atom. The van der Waals surface area contributed by atoms with E-state index in [1.807, 2.05) is 35.2 Å². The fourth-order valence-corrected chi connectivity index (χ4v) is 6.49. The average Bonchev–Trinajstić information content (AvgIpc) is 3.35. The number of aromatic nitrogens is 2. The summed E-state index contributed by atoms with van der Waals surface area (Å²) in [6.45, 7) is 6.05. The third-order valence-corrected chi connectivity index (χ3v) is 8.85. The molecule has 2 aliphatic heterocycles. The molecule has 2 fully saturated rings. The summed E-state index contributed by atoms with van der Waals surface area (Å²) in [5, 5.41) is 1.36. The van der Waals surface area contributed by atoms with Crippen LogP contribution in [0, 0.1) is 5.92 Å². The minimum absolute atomic E-state index is 0.00414. The van der Waals surface area contributed by atoms with Gasteiger partial charge in [-0.3, -0.25) is 9.69 Å². The van der Waals surface area contributed by atoms with Gasteiger partial charge in [0, 0.05) is 44.3 Å². The molecular weight excluding hydrogens is 557 g/mol. The van der Waals surface area contributed by atoms with Gasteiger partial charge < -0.3 is 19.1 Å². The number of benzene rings is 3. The topological polar surface area (TPSA) is 53.8 Å². The third kappa shape index (κ3) is 6.17. The number of carbonyl (C=O) groups excluding carboxylic acids is 1. The lowest BCUT2D eigenvalue weighted by molar-refractivity contribution is -0.137. The maximum Gasteiger partial charge on any atom is 0.227 e. The number of ether oxygens (including phenoxy) is 1. The summed E-state index contributed by atoms with van der Waals surface area (Å²) >= 11 is 12.6. The monoisotopic (exact) mass is 591 g/mol. The van der Waals surface area contributed by atoms with E-state index in [-0.39, 0.29) is 11.8 Å². The number of anilines is 1. The van der Waals surface area contributed by atoms with Crippen LogP contribution >= 0.6 is 23.2 Å². The van der Waals surface area contributed by atoms with Gasteiger partial charge in [-0.05, 0) is 67.4 Å². The van der Waals surface area contributed by atoms with E-state index < -0.39 is 0 Å². The lowest BCUT2D eigenvalue weighted by Crippen LogP contribution is -2.52. The Labute approximate surface area is 251 Å². The molecule has 0 bridgehead atoms. The Balaban J connectivity index is 1.12. The van der Waals surface area contributed by atoms with Crippen molar-refractivity contribution in [3.8, 4) is 5.75 Å². The van der Waals surface area contributed by atoms with Gasteiger partial charge in [-0.15, -0.1) is 0 Å². The molecule has 2 aliphatic rings. The second kappa shape index (κ2) is 12.3. The van der Waals surface area contributed by atoms with E-state index in [1.165, 1.54) is 5.56 Å². The van der Waals surface area contributed by atoms with Gasteiger partial charge in [-0.2, -0.15) is 0 Å². The first-order chi connectivity index (χ1) is 20.0. The van der Waals surface area contributed by atoms with E-state index in [1.54, 1.807) is 13.2 Å². The molecule has 9 heteroatoms. The van der Waals surface area contributed by atoms with Crippen molar-refractivity contribution in [3.63, 3.8) is 0 Å². The lowest BCUT2D eigenvalue weighted by atomic mass is 9.96. The molecule has 0 radical (unpaired) electrons. The van der Waals surface area contributed by atoms with E-state index in [9.17, 15) is 4.79 Å². The Morgan fingerprint density at radius 1 is 0.951 bits per heavy atom. The van der Waals surface area contributed by atoms with Gasteiger partial charge in [0.1, 0.15) is 11.6 Å². The number of para-hydroxylation sites is 2. The maximum atomic E-state index is 13.6. The summed E-state index contributed by atoms with van der Waals surface area (Å²) < 4.78 is 7.65. The van der Waals surface area contributed by atoms with Crippen molar-refractivity contribution in [2.24, 2.45) is 5.92 Å². The largest absolute Gasteiger partial charge is 0.497 e. The van der Waals surface area contributed by atoms with Crippen molar-refractivity contribution in [3.05, 3.63) is 88.2 Å². The van der Waals surface area contributed by atoms with Gasteiger partial charge in [0.2, 0.25) is 5.91 Å². The summed E-state index contributed by atoms with van der Waals surface area (Å²) in [5.41, 5.74) is 4.26. The molecular formula is C32H35Cl2N5O2. The summed E-state index contributed by atoms with van der Waals surface area (Å²) in [7, 11) is 1.68. The van der Waals surface area contributed by atoms with E-state index >= 15 is 0 Å². The van der Waals surface area contributed by atoms with Gasteiger partial charge in [0.15, 0.2) is 0 Å². The van der Waals surface area contributed by atoms with Crippen molar-refractivity contribution in [2.75, 3.05) is 51.3 Å². The molecule has 4 aromatic rings. The van der Waals surface area contributed by atoms with Gasteiger partial charge in [-0.25, -0.2) is 4.98 Å². The molecule has 0 unspecified atom stereocenters. The molecule has 41 heavy (non-hydrogen) atoms. The number of halogens is 2. The van der Waals surface area contributed by atoms with Crippen LogP contribution in [-0.4, -0.2) is 71.6 Å². The third-order valence-electron chi connectivity index (χ3n) is 8.29.